The summed E-state index contributed by atoms with van der Waals surface area (Å²) in [5.74, 6) is 0. The van der Waals surface area contributed by atoms with Crippen molar-refractivity contribution >= 4 is 32.9 Å². The van der Waals surface area contributed by atoms with Gasteiger partial charge < -0.3 is 4.42 Å². The van der Waals surface area contributed by atoms with Crippen LogP contribution in [0.15, 0.2) is 110 Å². The topological polar surface area (TPSA) is 97.8 Å². The summed E-state index contributed by atoms with van der Waals surface area (Å²) in [4.78, 5) is 17.7. The standard InChI is InChI=1S/C29H24N4O4S/c34-29-26(18-21-8-4-5-11-27(21)37-29)28-22(20-33(31-28)24-9-2-1-3-10-24)19-30-23-12-14-25(15-13-23)38(35,36)32-16-6-7-17-32/h1-5,8-15,18-20H,6-7,16-17H2. The molecular formula is C29H24N4O4S. The van der Waals surface area contributed by atoms with Crippen LogP contribution >= 0.6 is 0 Å². The first-order valence-electron chi connectivity index (χ1n) is 12.3. The van der Waals surface area contributed by atoms with Crippen LogP contribution in [0.5, 0.6) is 0 Å². The molecule has 0 aliphatic carbocycles. The lowest BCUT2D eigenvalue weighted by atomic mass is 10.1. The molecule has 190 valence electrons. The van der Waals surface area contributed by atoms with Crippen LogP contribution in [-0.2, 0) is 10.0 Å². The summed E-state index contributed by atoms with van der Waals surface area (Å²) in [6.07, 6.45) is 5.20. The fraction of sp³-hybridized carbons (Fsp3) is 0.138. The molecule has 0 bridgehead atoms. The number of hydrogen-bond donors (Lipinski definition) is 0. The number of rotatable bonds is 6. The summed E-state index contributed by atoms with van der Waals surface area (Å²) in [6.45, 7) is 1.11. The zero-order valence-corrected chi connectivity index (χ0v) is 21.2. The van der Waals surface area contributed by atoms with Crippen LogP contribution in [0, 0.1) is 0 Å². The van der Waals surface area contributed by atoms with E-state index in [9.17, 15) is 13.2 Å². The highest BCUT2D eigenvalue weighted by Gasteiger charge is 2.26. The van der Waals surface area contributed by atoms with Crippen LogP contribution in [0.4, 0.5) is 5.69 Å². The van der Waals surface area contributed by atoms with Gasteiger partial charge in [0.1, 0.15) is 11.3 Å². The van der Waals surface area contributed by atoms with Crippen LogP contribution in [0.3, 0.4) is 0 Å². The highest BCUT2D eigenvalue weighted by Crippen LogP contribution is 2.26. The van der Waals surface area contributed by atoms with Crippen molar-refractivity contribution in [2.75, 3.05) is 13.1 Å². The van der Waals surface area contributed by atoms with Gasteiger partial charge in [-0.2, -0.15) is 9.40 Å². The quantitative estimate of drug-likeness (QED) is 0.225. The molecule has 1 saturated heterocycles. The lowest BCUT2D eigenvalue weighted by Crippen LogP contribution is -2.27. The Hall–Kier alpha value is -4.34. The maximum atomic E-state index is 12.9. The maximum Gasteiger partial charge on any atom is 0.345 e. The van der Waals surface area contributed by atoms with Gasteiger partial charge >= 0.3 is 5.63 Å². The number of fused-ring (bicyclic) bond motifs is 1. The minimum absolute atomic E-state index is 0.254. The van der Waals surface area contributed by atoms with Crippen molar-refractivity contribution in [3.8, 4) is 16.9 Å². The summed E-state index contributed by atoms with van der Waals surface area (Å²) in [6, 6.07) is 25.2. The maximum absolute atomic E-state index is 12.9. The molecule has 5 aromatic rings. The van der Waals surface area contributed by atoms with Gasteiger partial charge in [0.05, 0.1) is 21.8 Å². The molecule has 0 N–H and O–H groups in total. The number of nitrogens with zero attached hydrogens (tertiary/aromatic N) is 4. The Bertz CT molecular complexity index is 1800. The highest BCUT2D eigenvalue weighted by atomic mass is 32.2. The number of aliphatic imine (C=N–C) groups is 1. The number of hydrogen-bond acceptors (Lipinski definition) is 6. The van der Waals surface area contributed by atoms with Crippen molar-refractivity contribution in [2.45, 2.75) is 17.7 Å². The van der Waals surface area contributed by atoms with Gasteiger partial charge in [0.25, 0.3) is 0 Å². The van der Waals surface area contributed by atoms with Gasteiger partial charge in [-0.15, -0.1) is 0 Å². The molecule has 0 spiro atoms. The largest absolute Gasteiger partial charge is 0.422 e. The number of aromatic nitrogens is 2. The Morgan fingerprint density at radius 1 is 0.895 bits per heavy atom. The van der Waals surface area contributed by atoms with Gasteiger partial charge in [-0.05, 0) is 61.4 Å². The van der Waals surface area contributed by atoms with E-state index < -0.39 is 15.6 Å². The van der Waals surface area contributed by atoms with E-state index >= 15 is 0 Å². The van der Waals surface area contributed by atoms with E-state index in [0.717, 1.165) is 23.9 Å². The Labute approximate surface area is 219 Å². The van der Waals surface area contributed by atoms with Crippen molar-refractivity contribution in [2.24, 2.45) is 4.99 Å². The van der Waals surface area contributed by atoms with E-state index in [2.05, 4.69) is 4.99 Å². The average molecular weight is 525 g/mol. The van der Waals surface area contributed by atoms with E-state index in [0.29, 0.717) is 41.2 Å². The third-order valence-electron chi connectivity index (χ3n) is 6.55. The second-order valence-corrected chi connectivity index (χ2v) is 11.0. The normalized spacial score (nSPS) is 14.5. The zero-order valence-electron chi connectivity index (χ0n) is 20.4. The van der Waals surface area contributed by atoms with Crippen LogP contribution in [0.2, 0.25) is 0 Å². The van der Waals surface area contributed by atoms with Gasteiger partial charge in [-0.25, -0.2) is 17.9 Å². The van der Waals surface area contributed by atoms with Gasteiger partial charge in [0.15, 0.2) is 0 Å². The molecular weight excluding hydrogens is 500 g/mol. The monoisotopic (exact) mass is 524 g/mol. The summed E-state index contributed by atoms with van der Waals surface area (Å²) in [5.41, 5.74) is 2.79. The van der Waals surface area contributed by atoms with Crippen LogP contribution in [0.25, 0.3) is 27.9 Å². The third kappa shape index (κ3) is 4.57. The summed E-state index contributed by atoms with van der Waals surface area (Å²) < 4.78 is 34.4. The fourth-order valence-corrected chi connectivity index (χ4v) is 6.07. The fourth-order valence-electron chi connectivity index (χ4n) is 4.56. The van der Waals surface area contributed by atoms with E-state index in [1.54, 1.807) is 53.5 Å². The van der Waals surface area contributed by atoms with Gasteiger partial charge in [0.2, 0.25) is 10.0 Å². The number of para-hydroxylation sites is 2. The predicted octanol–water partition coefficient (Wildman–Crippen LogP) is 5.18. The van der Waals surface area contributed by atoms with Crippen LogP contribution < -0.4 is 5.63 Å². The van der Waals surface area contributed by atoms with Crippen molar-refractivity contribution in [1.29, 1.82) is 0 Å². The molecule has 0 amide bonds. The molecule has 1 aliphatic heterocycles. The Kier molecular flexibility index (Phi) is 6.22. The van der Waals surface area contributed by atoms with Crippen molar-refractivity contribution in [3.05, 3.63) is 107 Å². The second kappa shape index (κ2) is 9.85. The first-order chi connectivity index (χ1) is 18.5. The molecule has 9 heteroatoms. The predicted molar refractivity (Wildman–Crippen MR) is 147 cm³/mol. The molecule has 2 aromatic heterocycles. The average Bonchev–Trinajstić information content (AvgIpc) is 3.64. The smallest absolute Gasteiger partial charge is 0.345 e. The molecule has 0 atom stereocenters. The lowest BCUT2D eigenvalue weighted by molar-refractivity contribution is 0.477. The molecule has 8 nitrogen and oxygen atoms in total. The molecule has 3 heterocycles. The van der Waals surface area contributed by atoms with Crippen LogP contribution in [-0.4, -0.2) is 41.8 Å². The first kappa shape index (κ1) is 24.0. The lowest BCUT2D eigenvalue weighted by Gasteiger charge is -2.15. The summed E-state index contributed by atoms with van der Waals surface area (Å²) >= 11 is 0. The number of sulfonamides is 1. The second-order valence-electron chi connectivity index (χ2n) is 9.06. The van der Waals surface area contributed by atoms with E-state index in [1.165, 1.54) is 4.31 Å². The van der Waals surface area contributed by atoms with Crippen molar-refractivity contribution < 1.29 is 12.8 Å². The van der Waals surface area contributed by atoms with Gasteiger partial charge in [-0.3, -0.25) is 4.99 Å². The molecule has 0 saturated carbocycles. The molecule has 1 aliphatic rings. The SMILES string of the molecule is O=c1oc2ccccc2cc1-c1nn(-c2ccccc2)cc1C=Nc1ccc(S(=O)(=O)N2CCCC2)cc1. The third-order valence-corrected chi connectivity index (χ3v) is 8.46. The van der Waals surface area contributed by atoms with E-state index in [4.69, 9.17) is 9.52 Å². The summed E-state index contributed by atoms with van der Waals surface area (Å²) in [5, 5.41) is 5.49. The molecule has 3 aromatic carbocycles. The molecule has 38 heavy (non-hydrogen) atoms. The van der Waals surface area contributed by atoms with Crippen LogP contribution in [0.1, 0.15) is 18.4 Å². The van der Waals surface area contributed by atoms with Crippen molar-refractivity contribution in [1.82, 2.24) is 14.1 Å². The minimum Gasteiger partial charge on any atom is -0.422 e. The summed E-state index contributed by atoms with van der Waals surface area (Å²) in [7, 11) is -3.49. The Balaban J connectivity index is 1.38. The van der Waals surface area contributed by atoms with Crippen molar-refractivity contribution in [3.63, 3.8) is 0 Å². The Morgan fingerprint density at radius 3 is 2.37 bits per heavy atom. The molecule has 0 unspecified atom stereocenters. The van der Waals surface area contributed by atoms with E-state index in [1.807, 2.05) is 48.5 Å². The van der Waals surface area contributed by atoms with Gasteiger partial charge in [-0.1, -0.05) is 36.4 Å². The van der Waals surface area contributed by atoms with Gasteiger partial charge in [0, 0.05) is 36.5 Å². The minimum atomic E-state index is -3.49. The Morgan fingerprint density at radius 2 is 1.61 bits per heavy atom. The molecule has 6 rings (SSSR count). The highest BCUT2D eigenvalue weighted by molar-refractivity contribution is 7.89. The number of benzene rings is 3. The first-order valence-corrected chi connectivity index (χ1v) is 13.8. The molecule has 0 radical (unpaired) electrons. The van der Waals surface area contributed by atoms with E-state index in [-0.39, 0.29) is 4.90 Å². The molecule has 1 fully saturated rings. The zero-order chi connectivity index (χ0) is 26.1.